The molecular formula is C14H21N5O2S. The van der Waals surface area contributed by atoms with Gasteiger partial charge in [0.05, 0.1) is 22.5 Å². The molecule has 0 unspecified atom stereocenters. The zero-order valence-electron chi connectivity index (χ0n) is 13.0. The van der Waals surface area contributed by atoms with Crippen LogP contribution >= 0.6 is 11.8 Å². The molecule has 1 aromatic heterocycles. The van der Waals surface area contributed by atoms with Crippen LogP contribution in [0.3, 0.4) is 0 Å². The van der Waals surface area contributed by atoms with Crippen molar-refractivity contribution < 1.29 is 4.92 Å². The second-order valence-corrected chi connectivity index (χ2v) is 6.28. The van der Waals surface area contributed by atoms with Gasteiger partial charge in [-0.3, -0.25) is 10.1 Å². The number of nitrogens with zero attached hydrogens (tertiary/aromatic N) is 2. The average molecular weight is 323 g/mol. The van der Waals surface area contributed by atoms with Crippen molar-refractivity contribution >= 4 is 11.8 Å². The molecule has 3 N–H and O–H groups in total. The molecular weight excluding hydrogens is 302 g/mol. The normalized spacial score (nSPS) is 11.8. The Morgan fingerprint density at radius 2 is 2.41 bits per heavy atom. The van der Waals surface area contributed by atoms with Crippen LogP contribution in [0, 0.1) is 29.4 Å². The minimum Gasteiger partial charge on any atom is -0.366 e. The highest BCUT2D eigenvalue weighted by Gasteiger charge is 2.16. The van der Waals surface area contributed by atoms with Gasteiger partial charge in [0.2, 0.25) is 0 Å². The second kappa shape index (κ2) is 8.34. The summed E-state index contributed by atoms with van der Waals surface area (Å²) < 4.78 is 0. The van der Waals surface area contributed by atoms with Gasteiger partial charge in [-0.1, -0.05) is 5.92 Å². The van der Waals surface area contributed by atoms with Gasteiger partial charge >= 0.3 is 0 Å². The predicted molar refractivity (Wildman–Crippen MR) is 88.6 cm³/mol. The Balaban J connectivity index is 2.40. The van der Waals surface area contributed by atoms with Crippen molar-refractivity contribution in [2.45, 2.75) is 32.1 Å². The van der Waals surface area contributed by atoms with Crippen molar-refractivity contribution in [2.24, 2.45) is 0 Å². The summed E-state index contributed by atoms with van der Waals surface area (Å²) in [6.07, 6.45) is 7.94. The number of aromatic amines is 1. The topological polar surface area (TPSA) is 95.9 Å². The van der Waals surface area contributed by atoms with Gasteiger partial charge in [-0.25, -0.2) is 4.98 Å². The van der Waals surface area contributed by atoms with E-state index in [1.165, 1.54) is 0 Å². The molecule has 0 aliphatic carbocycles. The quantitative estimate of drug-likeness (QED) is 0.277. The number of nitrogens with one attached hydrogen (secondary N) is 3. The Morgan fingerprint density at radius 3 is 2.95 bits per heavy atom. The Labute approximate surface area is 134 Å². The highest BCUT2D eigenvalue weighted by molar-refractivity contribution is 7.98. The molecule has 0 saturated heterocycles. The van der Waals surface area contributed by atoms with Gasteiger partial charge in [-0.2, -0.15) is 11.8 Å². The zero-order chi connectivity index (χ0) is 16.6. The first-order chi connectivity index (χ1) is 10.3. The van der Waals surface area contributed by atoms with Crippen molar-refractivity contribution in [1.82, 2.24) is 20.6 Å². The summed E-state index contributed by atoms with van der Waals surface area (Å²) in [5, 5.41) is 16.6. The van der Waals surface area contributed by atoms with Crippen LogP contribution in [0.15, 0.2) is 18.3 Å². The number of nitro groups is 1. The highest BCUT2D eigenvalue weighted by atomic mass is 32.2. The van der Waals surface area contributed by atoms with Gasteiger partial charge in [0.1, 0.15) is 0 Å². The summed E-state index contributed by atoms with van der Waals surface area (Å²) in [5.74, 6) is 4.44. The molecule has 0 spiro atoms. The fourth-order valence-corrected chi connectivity index (χ4v) is 2.43. The molecule has 0 amide bonds. The van der Waals surface area contributed by atoms with E-state index in [4.69, 9.17) is 6.42 Å². The molecule has 0 atom stereocenters. The van der Waals surface area contributed by atoms with Gasteiger partial charge in [0.25, 0.3) is 6.20 Å². The number of rotatable bonds is 9. The van der Waals surface area contributed by atoms with Gasteiger partial charge < -0.3 is 15.6 Å². The molecule has 0 radical (unpaired) electrons. The van der Waals surface area contributed by atoms with Crippen molar-refractivity contribution in [3.8, 4) is 12.3 Å². The number of aromatic nitrogens is 2. The monoisotopic (exact) mass is 323 g/mol. The number of hydrogen-bond acceptors (Lipinski definition) is 6. The molecule has 0 aliphatic heterocycles. The maximum atomic E-state index is 10.6. The molecule has 1 heterocycles. The molecule has 1 rings (SSSR count). The lowest BCUT2D eigenvalue weighted by Crippen LogP contribution is -2.42. The number of hydrogen-bond donors (Lipinski definition) is 3. The molecule has 120 valence electrons. The molecule has 0 aliphatic rings. The van der Waals surface area contributed by atoms with E-state index in [1.54, 1.807) is 31.9 Å². The van der Waals surface area contributed by atoms with Crippen LogP contribution in [0.4, 0.5) is 0 Å². The molecule has 0 saturated carbocycles. The van der Waals surface area contributed by atoms with E-state index >= 15 is 0 Å². The zero-order valence-corrected chi connectivity index (χ0v) is 13.8. The van der Waals surface area contributed by atoms with Gasteiger partial charge in [-0.05, 0) is 20.8 Å². The molecule has 8 heteroatoms. The van der Waals surface area contributed by atoms with E-state index < -0.39 is 10.5 Å². The summed E-state index contributed by atoms with van der Waals surface area (Å²) in [4.78, 5) is 17.4. The molecule has 0 fully saturated rings. The highest BCUT2D eigenvalue weighted by Crippen LogP contribution is 2.11. The van der Waals surface area contributed by atoms with Gasteiger partial charge in [0, 0.05) is 23.7 Å². The van der Waals surface area contributed by atoms with Crippen LogP contribution in [0.2, 0.25) is 0 Å². The first kappa shape index (κ1) is 17.9. The molecule has 7 nitrogen and oxygen atoms in total. The van der Waals surface area contributed by atoms with Gasteiger partial charge in [0.15, 0.2) is 5.82 Å². The van der Waals surface area contributed by atoms with Crippen molar-refractivity contribution in [2.75, 3.05) is 12.3 Å². The van der Waals surface area contributed by atoms with E-state index in [9.17, 15) is 10.1 Å². The van der Waals surface area contributed by atoms with Gasteiger partial charge in [-0.15, -0.1) is 6.42 Å². The Kier molecular flexibility index (Phi) is 6.79. The minimum absolute atomic E-state index is 0.310. The lowest BCUT2D eigenvalue weighted by atomic mass is 10.1. The number of aryl methyl sites for hydroxylation is 1. The third kappa shape index (κ3) is 6.54. The van der Waals surface area contributed by atoms with E-state index in [0.29, 0.717) is 12.4 Å². The van der Waals surface area contributed by atoms with E-state index in [2.05, 4.69) is 26.5 Å². The third-order valence-corrected chi connectivity index (χ3v) is 3.75. The van der Waals surface area contributed by atoms with Crippen molar-refractivity contribution in [3.05, 3.63) is 39.9 Å². The number of imidazole rings is 1. The Hall–Kier alpha value is -2.14. The maximum absolute atomic E-state index is 10.6. The SMILES string of the molecule is C#CC(C)(C)N/C(=C/[N+](=O)[O-])NCCSCc1nc[nH]c1C. The van der Waals surface area contributed by atoms with E-state index in [1.807, 2.05) is 6.92 Å². The summed E-state index contributed by atoms with van der Waals surface area (Å²) >= 11 is 1.70. The molecule has 22 heavy (non-hydrogen) atoms. The second-order valence-electron chi connectivity index (χ2n) is 5.18. The number of terminal acetylenes is 1. The van der Waals surface area contributed by atoms with Crippen LogP contribution in [0.25, 0.3) is 0 Å². The first-order valence-electron chi connectivity index (χ1n) is 6.76. The van der Waals surface area contributed by atoms with Crippen LogP contribution in [-0.2, 0) is 5.75 Å². The third-order valence-electron chi connectivity index (χ3n) is 2.78. The summed E-state index contributed by atoms with van der Waals surface area (Å²) in [5.41, 5.74) is 1.43. The van der Waals surface area contributed by atoms with Crippen LogP contribution in [0.5, 0.6) is 0 Å². The summed E-state index contributed by atoms with van der Waals surface area (Å²) in [6.45, 7) is 6.11. The fourth-order valence-electron chi connectivity index (χ4n) is 1.56. The predicted octanol–water partition coefficient (Wildman–Crippen LogP) is 1.62. The van der Waals surface area contributed by atoms with Crippen LogP contribution < -0.4 is 10.6 Å². The Bertz CT molecular complexity index is 574. The van der Waals surface area contributed by atoms with Crippen LogP contribution in [-0.4, -0.2) is 32.7 Å². The summed E-state index contributed by atoms with van der Waals surface area (Å²) in [7, 11) is 0. The largest absolute Gasteiger partial charge is 0.366 e. The number of thioether (sulfide) groups is 1. The minimum atomic E-state index is -0.659. The van der Waals surface area contributed by atoms with Crippen LogP contribution in [0.1, 0.15) is 25.2 Å². The maximum Gasteiger partial charge on any atom is 0.274 e. The molecule has 0 bridgehead atoms. The molecule has 0 aromatic carbocycles. The van der Waals surface area contributed by atoms with E-state index in [0.717, 1.165) is 29.1 Å². The van der Waals surface area contributed by atoms with E-state index in [-0.39, 0.29) is 0 Å². The standard InChI is InChI=1S/C14H21N5O2S/c1-5-14(3,4)18-13(8-19(20)21)15-6-7-22-9-12-11(2)16-10-17-12/h1,8,10,15,18H,6-7,9H2,2-4H3,(H,16,17)/b13-8+. The summed E-state index contributed by atoms with van der Waals surface area (Å²) in [6, 6.07) is 0. The fraction of sp³-hybridized carbons (Fsp3) is 0.500. The Morgan fingerprint density at radius 1 is 1.68 bits per heavy atom. The van der Waals surface area contributed by atoms with Crippen molar-refractivity contribution in [1.29, 1.82) is 0 Å². The lowest BCUT2D eigenvalue weighted by Gasteiger charge is -2.22. The average Bonchev–Trinajstić information content (AvgIpc) is 2.83. The molecule has 1 aromatic rings. The smallest absolute Gasteiger partial charge is 0.274 e. The van der Waals surface area contributed by atoms with Crippen molar-refractivity contribution in [3.63, 3.8) is 0 Å². The number of H-pyrrole nitrogens is 1. The lowest BCUT2D eigenvalue weighted by molar-refractivity contribution is -0.404. The first-order valence-corrected chi connectivity index (χ1v) is 7.91.